The molecule has 1 heterocycles. The molecule has 0 radical (unpaired) electrons. The van der Waals surface area contributed by atoms with Gasteiger partial charge in [-0.3, -0.25) is 4.72 Å². The highest BCUT2D eigenvalue weighted by molar-refractivity contribution is 7.92. The van der Waals surface area contributed by atoms with Crippen molar-refractivity contribution < 1.29 is 17.2 Å². The van der Waals surface area contributed by atoms with Crippen LogP contribution < -0.4 is 10.0 Å². The number of aromatic nitrogens is 1. The average molecular weight is 458 g/mol. The van der Waals surface area contributed by atoms with E-state index in [1.807, 2.05) is 10.8 Å². The number of sulfonamides is 1. The second-order valence-corrected chi connectivity index (χ2v) is 8.57. The summed E-state index contributed by atoms with van der Waals surface area (Å²) in [6, 6.07) is 12.3. The summed E-state index contributed by atoms with van der Waals surface area (Å²) in [6.07, 6.45) is 0. The summed E-state index contributed by atoms with van der Waals surface area (Å²) in [4.78, 5) is 2.71. The molecule has 29 heavy (non-hydrogen) atoms. The zero-order valence-electron chi connectivity index (χ0n) is 15.0. The first-order valence-corrected chi connectivity index (χ1v) is 10.6. The molecular weight excluding hydrogens is 443 g/mol. The van der Waals surface area contributed by atoms with E-state index in [9.17, 15) is 17.2 Å². The highest BCUT2D eigenvalue weighted by atomic mass is 35.5. The van der Waals surface area contributed by atoms with E-state index in [1.54, 1.807) is 25.1 Å². The summed E-state index contributed by atoms with van der Waals surface area (Å²) >= 11 is 12.3. The minimum Gasteiger partial charge on any atom is -0.377 e. The lowest BCUT2D eigenvalue weighted by Crippen LogP contribution is -2.16. The standard InChI is InChI=1S/C19H15Cl2F2N3O2S/c1-11(12-5-2-3-6-13(12)20)24-16-10-15(22)17(9-14(16)21)29(27,28)26-19-8-4-7-18(23)25-19/h2-11,24H,1H3,(H,25,26)/t11-/m0/s1. The Labute approximate surface area is 176 Å². The quantitative estimate of drug-likeness (QED) is 0.469. The number of nitrogens with zero attached hydrogens (tertiary/aromatic N) is 1. The molecule has 0 amide bonds. The second-order valence-electron chi connectivity index (χ2n) is 6.10. The van der Waals surface area contributed by atoms with E-state index in [0.29, 0.717) is 5.02 Å². The van der Waals surface area contributed by atoms with Crippen LogP contribution in [0.3, 0.4) is 0 Å². The number of nitrogens with one attached hydrogen (secondary N) is 2. The summed E-state index contributed by atoms with van der Waals surface area (Å²) in [6.45, 7) is 1.80. The van der Waals surface area contributed by atoms with E-state index in [2.05, 4.69) is 10.3 Å². The van der Waals surface area contributed by atoms with Crippen LogP contribution in [0.4, 0.5) is 20.3 Å². The summed E-state index contributed by atoms with van der Waals surface area (Å²) < 4.78 is 54.7. The molecule has 0 saturated heterocycles. The molecule has 0 bridgehead atoms. The van der Waals surface area contributed by atoms with E-state index in [4.69, 9.17) is 23.2 Å². The predicted molar refractivity (Wildman–Crippen MR) is 110 cm³/mol. The number of benzene rings is 2. The number of hydrogen-bond acceptors (Lipinski definition) is 4. The fourth-order valence-corrected chi connectivity index (χ4v) is 4.31. The lowest BCUT2D eigenvalue weighted by Gasteiger charge is -2.19. The Morgan fingerprint density at radius 3 is 2.41 bits per heavy atom. The molecule has 2 aromatic carbocycles. The molecule has 3 rings (SSSR count). The second kappa shape index (κ2) is 8.52. The van der Waals surface area contributed by atoms with Gasteiger partial charge in [-0.25, -0.2) is 17.8 Å². The molecule has 0 fully saturated rings. The van der Waals surface area contributed by atoms with Gasteiger partial charge in [-0.2, -0.15) is 4.39 Å². The van der Waals surface area contributed by atoms with Gasteiger partial charge < -0.3 is 5.32 Å². The molecule has 10 heteroatoms. The molecule has 0 spiro atoms. The third-order valence-corrected chi connectivity index (χ3v) is 6.04. The molecule has 3 aromatic rings. The zero-order valence-corrected chi connectivity index (χ0v) is 17.3. The van der Waals surface area contributed by atoms with Crippen LogP contribution in [0, 0.1) is 11.8 Å². The van der Waals surface area contributed by atoms with Crippen molar-refractivity contribution >= 4 is 44.7 Å². The van der Waals surface area contributed by atoms with Gasteiger partial charge in [0.2, 0.25) is 5.95 Å². The van der Waals surface area contributed by atoms with E-state index in [-0.39, 0.29) is 22.6 Å². The van der Waals surface area contributed by atoms with Crippen molar-refractivity contribution in [3.05, 3.63) is 82.0 Å². The summed E-state index contributed by atoms with van der Waals surface area (Å²) in [5.74, 6) is -2.20. The van der Waals surface area contributed by atoms with E-state index < -0.39 is 26.7 Å². The molecule has 0 saturated carbocycles. The van der Waals surface area contributed by atoms with Crippen molar-refractivity contribution in [1.82, 2.24) is 4.98 Å². The molecule has 152 valence electrons. The van der Waals surface area contributed by atoms with Gasteiger partial charge in [-0.05, 0) is 42.8 Å². The third kappa shape index (κ3) is 4.95. The minimum absolute atomic E-state index is 0.0159. The Bertz CT molecular complexity index is 1160. The van der Waals surface area contributed by atoms with Gasteiger partial charge in [-0.15, -0.1) is 0 Å². The van der Waals surface area contributed by atoms with Gasteiger partial charge in [-0.1, -0.05) is 47.5 Å². The first kappa shape index (κ1) is 21.3. The van der Waals surface area contributed by atoms with Crippen LogP contribution in [0.25, 0.3) is 0 Å². The first-order valence-electron chi connectivity index (χ1n) is 8.33. The highest BCUT2D eigenvalue weighted by Gasteiger charge is 2.23. The van der Waals surface area contributed by atoms with E-state index in [0.717, 1.165) is 23.8 Å². The molecule has 1 aromatic heterocycles. The number of rotatable bonds is 6. The maximum Gasteiger partial charge on any atom is 0.266 e. The van der Waals surface area contributed by atoms with Crippen LogP contribution in [0.15, 0.2) is 59.5 Å². The van der Waals surface area contributed by atoms with Gasteiger partial charge >= 0.3 is 0 Å². The van der Waals surface area contributed by atoms with Gasteiger partial charge in [0, 0.05) is 5.02 Å². The molecule has 0 unspecified atom stereocenters. The Morgan fingerprint density at radius 1 is 1.00 bits per heavy atom. The van der Waals surface area contributed by atoms with E-state index >= 15 is 0 Å². The van der Waals surface area contributed by atoms with Crippen LogP contribution in [0.1, 0.15) is 18.5 Å². The SMILES string of the molecule is C[C@H](Nc1cc(F)c(S(=O)(=O)Nc2cccc(F)n2)cc1Cl)c1ccccc1Cl. The van der Waals surface area contributed by atoms with Gasteiger partial charge in [0.25, 0.3) is 10.0 Å². The summed E-state index contributed by atoms with van der Waals surface area (Å²) in [5.41, 5.74) is 0.959. The van der Waals surface area contributed by atoms with Crippen LogP contribution in [-0.4, -0.2) is 13.4 Å². The first-order chi connectivity index (χ1) is 13.7. The summed E-state index contributed by atoms with van der Waals surface area (Å²) in [7, 11) is -4.37. The van der Waals surface area contributed by atoms with E-state index in [1.165, 1.54) is 12.1 Å². The number of pyridine rings is 1. The highest BCUT2D eigenvalue weighted by Crippen LogP contribution is 2.33. The Balaban J connectivity index is 1.88. The molecule has 1 atom stereocenters. The van der Waals surface area contributed by atoms with Crippen molar-refractivity contribution in [1.29, 1.82) is 0 Å². The average Bonchev–Trinajstić information content (AvgIpc) is 2.64. The molecule has 0 aliphatic heterocycles. The normalized spacial score (nSPS) is 12.4. The monoisotopic (exact) mass is 457 g/mol. The van der Waals surface area contributed by atoms with Crippen molar-refractivity contribution in [3.63, 3.8) is 0 Å². The fourth-order valence-electron chi connectivity index (χ4n) is 2.64. The number of hydrogen-bond donors (Lipinski definition) is 2. The molecule has 0 aliphatic carbocycles. The largest absolute Gasteiger partial charge is 0.377 e. The maximum absolute atomic E-state index is 14.6. The number of halogens is 4. The zero-order chi connectivity index (χ0) is 21.2. The third-order valence-electron chi connectivity index (χ3n) is 4.01. The number of anilines is 2. The smallest absolute Gasteiger partial charge is 0.266 e. The van der Waals surface area contributed by atoms with Crippen molar-refractivity contribution in [3.8, 4) is 0 Å². The van der Waals surface area contributed by atoms with Crippen molar-refractivity contribution in [2.45, 2.75) is 17.9 Å². The van der Waals surface area contributed by atoms with Crippen molar-refractivity contribution in [2.24, 2.45) is 0 Å². The Morgan fingerprint density at radius 2 is 1.72 bits per heavy atom. The van der Waals surface area contributed by atoms with Crippen LogP contribution in [0.2, 0.25) is 10.0 Å². The van der Waals surface area contributed by atoms with Crippen LogP contribution in [-0.2, 0) is 10.0 Å². The summed E-state index contributed by atoms with van der Waals surface area (Å²) in [5, 5.41) is 3.52. The van der Waals surface area contributed by atoms with Crippen LogP contribution in [0.5, 0.6) is 0 Å². The molecular formula is C19H15Cl2F2N3O2S. The lowest BCUT2D eigenvalue weighted by molar-refractivity contribution is 0.569. The lowest BCUT2D eigenvalue weighted by atomic mass is 10.1. The molecule has 0 aliphatic rings. The topological polar surface area (TPSA) is 71.1 Å². The Hall–Kier alpha value is -2.42. The molecule has 2 N–H and O–H groups in total. The molecule has 5 nitrogen and oxygen atoms in total. The van der Waals surface area contributed by atoms with Gasteiger partial charge in [0.15, 0.2) is 0 Å². The maximum atomic E-state index is 14.6. The minimum atomic E-state index is -4.37. The van der Waals surface area contributed by atoms with Crippen LogP contribution >= 0.6 is 23.2 Å². The van der Waals surface area contributed by atoms with Gasteiger partial charge in [0.05, 0.1) is 16.8 Å². The predicted octanol–water partition coefficient (Wildman–Crippen LogP) is 5.64. The fraction of sp³-hybridized carbons (Fsp3) is 0.105. The van der Waals surface area contributed by atoms with Crippen molar-refractivity contribution in [2.75, 3.05) is 10.0 Å². The Kier molecular flexibility index (Phi) is 6.26. The van der Waals surface area contributed by atoms with Gasteiger partial charge in [0.1, 0.15) is 16.5 Å².